The zero-order valence-corrected chi connectivity index (χ0v) is 27.0. The number of carbonyl (C=O) groups excluding carboxylic acids is 2. The monoisotopic (exact) mass is 666 g/mol. The number of alkyl halides is 3. The number of thiazole rings is 1. The lowest BCUT2D eigenvalue weighted by molar-refractivity contribution is -0.149. The highest BCUT2D eigenvalue weighted by Gasteiger charge is 2.37. The molecule has 2 heterocycles. The average Bonchev–Trinajstić information content (AvgIpc) is 3.48. The summed E-state index contributed by atoms with van der Waals surface area (Å²) < 4.78 is 50.4. The summed E-state index contributed by atoms with van der Waals surface area (Å²) in [5.41, 5.74) is 0.774. The van der Waals surface area contributed by atoms with Gasteiger partial charge in [-0.1, -0.05) is 26.0 Å². The highest BCUT2D eigenvalue weighted by Crippen LogP contribution is 2.39. The Morgan fingerprint density at radius 2 is 1.83 bits per heavy atom. The Morgan fingerprint density at radius 1 is 1.13 bits per heavy atom. The molecule has 12 nitrogen and oxygen atoms in total. The number of rotatable bonds is 10. The van der Waals surface area contributed by atoms with E-state index in [0.717, 1.165) is 4.70 Å². The Morgan fingerprint density at radius 3 is 2.46 bits per heavy atom. The fourth-order valence-electron chi connectivity index (χ4n) is 4.66. The summed E-state index contributed by atoms with van der Waals surface area (Å²) >= 11 is 1.33. The van der Waals surface area contributed by atoms with Crippen molar-refractivity contribution >= 4 is 45.4 Å². The summed E-state index contributed by atoms with van der Waals surface area (Å²) in [6.45, 7) is 8.42. The van der Waals surface area contributed by atoms with Crippen LogP contribution in [0.2, 0.25) is 0 Å². The lowest BCUT2D eigenvalue weighted by atomic mass is 10.0. The zero-order valence-electron chi connectivity index (χ0n) is 26.2. The van der Waals surface area contributed by atoms with E-state index in [-0.39, 0.29) is 36.4 Å². The largest absolute Gasteiger partial charge is 0.508 e. The molecule has 0 radical (unpaired) electrons. The number of aliphatic hydroxyl groups excluding tert-OH is 2. The molecular formula is C30H37F3N6O6S. The highest BCUT2D eigenvalue weighted by atomic mass is 32.1. The van der Waals surface area contributed by atoms with E-state index in [1.54, 1.807) is 41.5 Å². The molecule has 0 fully saturated rings. The molecule has 1 aliphatic carbocycles. The molecule has 3 atom stereocenters. The van der Waals surface area contributed by atoms with Gasteiger partial charge in [-0.25, -0.2) is 19.6 Å². The maximum atomic E-state index is 12.9. The number of nitrogens with one attached hydrogen (secondary N) is 3. The number of aromatic nitrogens is 3. The SMILES string of the molecule is Cc1nc(NCC(F)(F)F)nc(NC2=C(O)[C@H](O)[C@@H](COC(=O)[C@@H](NC(=O)OC(C)(C)C)C(C)C)C2)c1-c1nc2ccccc2s1. The zero-order chi connectivity index (χ0) is 34.0. The van der Waals surface area contributed by atoms with Gasteiger partial charge in [0, 0.05) is 5.92 Å². The van der Waals surface area contributed by atoms with E-state index in [9.17, 15) is 33.0 Å². The molecule has 4 rings (SSSR count). The van der Waals surface area contributed by atoms with Gasteiger partial charge < -0.3 is 35.6 Å². The first-order valence-electron chi connectivity index (χ1n) is 14.5. The van der Waals surface area contributed by atoms with E-state index in [1.807, 2.05) is 24.3 Å². The minimum absolute atomic E-state index is 0.000230. The third-order valence-corrected chi connectivity index (χ3v) is 7.90. The number of ether oxygens (including phenoxy) is 2. The molecule has 1 aromatic carbocycles. The standard InChI is InChI=1S/C30H37F3N6O6S/c1-14(2)21(38-28(43)45-29(4,5)6)26(42)44-12-16-11-18(23(41)22(16)40)36-24-20(25-37-17-9-7-8-10-19(17)46-25)15(3)35-27(39-24)34-13-30(31,32)33/h7-10,14,16,21-22,40-41H,11-13H2,1-6H3,(H,38,43)(H2,34,35,36,39)/t16-,21+,22-/m1/s1. The first kappa shape index (κ1) is 34.7. The van der Waals surface area contributed by atoms with Crippen molar-refractivity contribution in [1.82, 2.24) is 20.3 Å². The number of aliphatic hydroxyl groups is 2. The number of amides is 1. The van der Waals surface area contributed by atoms with E-state index in [4.69, 9.17) is 9.47 Å². The minimum atomic E-state index is -4.52. The number of hydrogen-bond acceptors (Lipinski definition) is 12. The summed E-state index contributed by atoms with van der Waals surface area (Å²) in [6, 6.07) is 6.34. The van der Waals surface area contributed by atoms with Crippen LogP contribution >= 0.6 is 11.3 Å². The van der Waals surface area contributed by atoms with Gasteiger partial charge in [-0.2, -0.15) is 18.2 Å². The predicted molar refractivity (Wildman–Crippen MR) is 166 cm³/mol. The van der Waals surface area contributed by atoms with Gasteiger partial charge >= 0.3 is 18.2 Å². The molecule has 1 amide bonds. The summed E-state index contributed by atoms with van der Waals surface area (Å²) in [5, 5.41) is 29.8. The van der Waals surface area contributed by atoms with Crippen LogP contribution in [0.25, 0.3) is 20.8 Å². The van der Waals surface area contributed by atoms with Crippen LogP contribution in [-0.2, 0) is 14.3 Å². The number of carbonyl (C=O) groups is 2. The Hall–Kier alpha value is -4.18. The van der Waals surface area contributed by atoms with Crippen LogP contribution < -0.4 is 16.0 Å². The Labute approximate surface area is 267 Å². The second kappa shape index (κ2) is 13.7. The molecule has 0 spiro atoms. The number of anilines is 2. The topological polar surface area (TPSA) is 168 Å². The van der Waals surface area contributed by atoms with Crippen LogP contribution in [0.3, 0.4) is 0 Å². The van der Waals surface area contributed by atoms with Crippen molar-refractivity contribution in [2.45, 2.75) is 71.9 Å². The van der Waals surface area contributed by atoms with Crippen LogP contribution in [0, 0.1) is 18.8 Å². The number of hydrogen-bond donors (Lipinski definition) is 5. The van der Waals surface area contributed by atoms with Crippen molar-refractivity contribution in [1.29, 1.82) is 0 Å². The lowest BCUT2D eigenvalue weighted by Gasteiger charge is -2.25. The van der Waals surface area contributed by atoms with E-state index >= 15 is 0 Å². The molecular weight excluding hydrogens is 629 g/mol. The van der Waals surface area contributed by atoms with Crippen LogP contribution in [0.1, 0.15) is 46.7 Å². The molecule has 0 unspecified atom stereocenters. The van der Waals surface area contributed by atoms with Gasteiger partial charge in [0.1, 0.15) is 40.9 Å². The molecule has 250 valence electrons. The average molecular weight is 667 g/mol. The summed E-state index contributed by atoms with van der Waals surface area (Å²) in [4.78, 5) is 38.3. The molecule has 5 N–H and O–H groups in total. The minimum Gasteiger partial charge on any atom is -0.508 e. The van der Waals surface area contributed by atoms with Crippen molar-refractivity contribution in [3.63, 3.8) is 0 Å². The second-order valence-corrected chi connectivity index (χ2v) is 13.2. The van der Waals surface area contributed by atoms with Gasteiger partial charge in [-0.15, -0.1) is 11.3 Å². The number of esters is 1. The first-order chi connectivity index (χ1) is 21.4. The van der Waals surface area contributed by atoms with Crippen molar-refractivity contribution < 1.29 is 42.4 Å². The number of fused-ring (bicyclic) bond motifs is 1. The fourth-order valence-corrected chi connectivity index (χ4v) is 5.72. The fraction of sp³-hybridized carbons (Fsp3) is 0.500. The Balaban J connectivity index is 1.54. The molecule has 0 bridgehead atoms. The van der Waals surface area contributed by atoms with E-state index in [1.165, 1.54) is 11.3 Å². The third-order valence-electron chi connectivity index (χ3n) is 6.85. The number of nitrogens with zero attached hydrogens (tertiary/aromatic N) is 3. The van der Waals surface area contributed by atoms with Crippen molar-refractivity contribution in [2.75, 3.05) is 23.8 Å². The molecule has 3 aromatic rings. The van der Waals surface area contributed by atoms with Crippen molar-refractivity contribution in [3.05, 3.63) is 41.4 Å². The second-order valence-electron chi connectivity index (χ2n) is 12.2. The van der Waals surface area contributed by atoms with Crippen LogP contribution in [0.5, 0.6) is 0 Å². The van der Waals surface area contributed by atoms with E-state index in [0.29, 0.717) is 21.8 Å². The van der Waals surface area contributed by atoms with E-state index in [2.05, 4.69) is 30.9 Å². The smallest absolute Gasteiger partial charge is 0.408 e. The molecule has 16 heteroatoms. The first-order valence-corrected chi connectivity index (χ1v) is 15.3. The number of alkyl carbamates (subject to hydrolysis) is 1. The van der Waals surface area contributed by atoms with Gasteiger partial charge in [0.15, 0.2) is 0 Å². The lowest BCUT2D eigenvalue weighted by Crippen LogP contribution is -2.47. The Bertz CT molecular complexity index is 1590. The van der Waals surface area contributed by atoms with Crippen LogP contribution in [-0.4, -0.2) is 74.3 Å². The maximum Gasteiger partial charge on any atom is 0.408 e. The van der Waals surface area contributed by atoms with Crippen molar-refractivity contribution in [3.8, 4) is 10.6 Å². The van der Waals surface area contributed by atoms with Gasteiger partial charge in [-0.3, -0.25) is 0 Å². The molecule has 2 aromatic heterocycles. The predicted octanol–water partition coefficient (Wildman–Crippen LogP) is 5.69. The van der Waals surface area contributed by atoms with Crippen LogP contribution in [0.15, 0.2) is 35.7 Å². The molecule has 0 aliphatic heterocycles. The number of benzene rings is 1. The van der Waals surface area contributed by atoms with Crippen LogP contribution in [0.4, 0.5) is 29.7 Å². The molecule has 46 heavy (non-hydrogen) atoms. The van der Waals surface area contributed by atoms with Gasteiger partial charge in [0.25, 0.3) is 0 Å². The molecule has 1 aliphatic rings. The maximum absolute atomic E-state index is 12.9. The number of para-hydroxylation sites is 1. The molecule has 0 saturated carbocycles. The number of halogens is 3. The summed E-state index contributed by atoms with van der Waals surface area (Å²) in [5.74, 6) is -2.56. The quantitative estimate of drug-likeness (QED) is 0.169. The van der Waals surface area contributed by atoms with Crippen molar-refractivity contribution in [2.24, 2.45) is 11.8 Å². The highest BCUT2D eigenvalue weighted by molar-refractivity contribution is 7.21. The number of aryl methyl sites for hydroxylation is 1. The normalized spacial score (nSPS) is 17.7. The third kappa shape index (κ3) is 8.75. The Kier molecular flexibility index (Phi) is 10.3. The summed E-state index contributed by atoms with van der Waals surface area (Å²) in [7, 11) is 0. The summed E-state index contributed by atoms with van der Waals surface area (Å²) in [6.07, 6.45) is -6.74. The van der Waals surface area contributed by atoms with Gasteiger partial charge in [-0.05, 0) is 52.2 Å². The molecule has 0 saturated heterocycles. The van der Waals surface area contributed by atoms with E-state index < -0.39 is 54.2 Å². The van der Waals surface area contributed by atoms with Gasteiger partial charge in [0.2, 0.25) is 5.95 Å². The number of allylic oxidation sites excluding steroid dienone is 1. The van der Waals surface area contributed by atoms with Gasteiger partial charge in [0.05, 0.1) is 33.8 Å².